The number of carbonyl (C=O) groups is 1. The van der Waals surface area contributed by atoms with Crippen molar-refractivity contribution >= 4 is 21.8 Å². The number of ether oxygens (including phenoxy) is 1. The van der Waals surface area contributed by atoms with Crippen LogP contribution < -0.4 is 16.0 Å². The zero-order valence-corrected chi connectivity index (χ0v) is 10.4. The molecule has 1 aromatic rings. The summed E-state index contributed by atoms with van der Waals surface area (Å²) in [4.78, 5) is 15.2. The monoisotopic (exact) mass is 288 g/mol. The van der Waals surface area contributed by atoms with Crippen LogP contribution in [0.2, 0.25) is 0 Å². The molecule has 0 atom stereocenters. The predicted molar refractivity (Wildman–Crippen MR) is 62.7 cm³/mol. The fourth-order valence-electron chi connectivity index (χ4n) is 1.06. The smallest absolute Gasteiger partial charge is 0.245 e. The van der Waals surface area contributed by atoms with Crippen molar-refractivity contribution in [3.63, 3.8) is 0 Å². The second-order valence-electron chi connectivity index (χ2n) is 3.03. The third-order valence-corrected chi connectivity index (χ3v) is 2.61. The topological polar surface area (TPSA) is 73.6 Å². The molecule has 0 saturated heterocycles. The van der Waals surface area contributed by atoms with Crippen LogP contribution in [-0.4, -0.2) is 19.6 Å². The predicted octanol–water partition coefficient (Wildman–Crippen LogP) is 0.964. The molecule has 1 amide bonds. The molecule has 0 aliphatic rings. The van der Waals surface area contributed by atoms with Crippen molar-refractivity contribution < 1.29 is 14.4 Å². The fraction of sp³-hybridized carbons (Fsp3) is 0.300. The lowest BCUT2D eigenvalue weighted by atomic mass is 10.2. The number of primary amides is 1. The van der Waals surface area contributed by atoms with E-state index < -0.39 is 5.91 Å². The Bertz CT molecular complexity index is 371. The number of nitrogens with one attached hydrogen (secondary N) is 1. The van der Waals surface area contributed by atoms with E-state index in [2.05, 4.69) is 21.4 Å². The first-order chi connectivity index (χ1) is 7.63. The van der Waals surface area contributed by atoms with E-state index in [0.717, 1.165) is 15.8 Å². The Labute approximate surface area is 102 Å². The van der Waals surface area contributed by atoms with E-state index in [0.29, 0.717) is 6.54 Å². The van der Waals surface area contributed by atoms with E-state index in [-0.39, 0.29) is 6.61 Å². The van der Waals surface area contributed by atoms with Crippen LogP contribution in [0.25, 0.3) is 0 Å². The summed E-state index contributed by atoms with van der Waals surface area (Å²) in [6.07, 6.45) is 0. The third-order valence-electron chi connectivity index (χ3n) is 1.83. The van der Waals surface area contributed by atoms with Crippen LogP contribution in [0.5, 0.6) is 5.75 Å². The number of nitrogens with two attached hydrogens (primary N) is 1. The summed E-state index contributed by atoms with van der Waals surface area (Å²) in [6.45, 7) is 0.298. The van der Waals surface area contributed by atoms with Crippen molar-refractivity contribution in [3.8, 4) is 5.75 Å². The summed E-state index contributed by atoms with van der Waals surface area (Å²) in [5.74, 6) is 0.243. The lowest BCUT2D eigenvalue weighted by Gasteiger charge is -2.08. The van der Waals surface area contributed by atoms with Gasteiger partial charge in [0.05, 0.1) is 7.11 Å². The van der Waals surface area contributed by atoms with Gasteiger partial charge in [-0.15, -0.1) is 0 Å². The molecule has 0 unspecified atom stereocenters. The van der Waals surface area contributed by atoms with E-state index in [4.69, 9.17) is 15.3 Å². The molecule has 1 rings (SSSR count). The van der Waals surface area contributed by atoms with Gasteiger partial charge in [-0.1, -0.05) is 15.9 Å². The number of amides is 1. The van der Waals surface area contributed by atoms with E-state index in [1.807, 2.05) is 18.2 Å². The molecule has 5 nitrogen and oxygen atoms in total. The lowest BCUT2D eigenvalue weighted by molar-refractivity contribution is -0.125. The Morgan fingerprint density at radius 3 is 2.94 bits per heavy atom. The van der Waals surface area contributed by atoms with Gasteiger partial charge in [0.2, 0.25) is 5.91 Å². The zero-order valence-electron chi connectivity index (χ0n) is 8.83. The maximum atomic E-state index is 10.4. The van der Waals surface area contributed by atoms with Crippen LogP contribution in [0.1, 0.15) is 5.56 Å². The van der Waals surface area contributed by atoms with E-state index in [1.165, 1.54) is 0 Å². The highest BCUT2D eigenvalue weighted by Gasteiger charge is 2.02. The molecule has 0 saturated carbocycles. The molecule has 0 aromatic heterocycles. The SMILES string of the molecule is COc1ccc(Br)c(CNOCC(N)=O)c1. The summed E-state index contributed by atoms with van der Waals surface area (Å²) in [5, 5.41) is 0. The third kappa shape index (κ3) is 4.18. The first kappa shape index (κ1) is 13.0. The average Bonchev–Trinajstić information content (AvgIpc) is 2.26. The summed E-state index contributed by atoms with van der Waals surface area (Å²) < 4.78 is 6.02. The second-order valence-corrected chi connectivity index (χ2v) is 3.89. The molecular weight excluding hydrogens is 276 g/mol. The molecule has 3 N–H and O–H groups in total. The highest BCUT2D eigenvalue weighted by atomic mass is 79.9. The first-order valence-electron chi connectivity index (χ1n) is 4.59. The summed E-state index contributed by atoms with van der Waals surface area (Å²) in [7, 11) is 1.60. The fourth-order valence-corrected chi connectivity index (χ4v) is 1.45. The highest BCUT2D eigenvalue weighted by molar-refractivity contribution is 9.10. The van der Waals surface area contributed by atoms with Gasteiger partial charge < -0.3 is 10.5 Å². The van der Waals surface area contributed by atoms with Gasteiger partial charge in [-0.2, -0.15) is 5.48 Å². The van der Waals surface area contributed by atoms with E-state index >= 15 is 0 Å². The van der Waals surface area contributed by atoms with Gasteiger partial charge in [-0.05, 0) is 23.8 Å². The first-order valence-corrected chi connectivity index (χ1v) is 5.38. The number of hydroxylamine groups is 1. The quantitative estimate of drug-likeness (QED) is 0.604. The average molecular weight is 289 g/mol. The lowest BCUT2D eigenvalue weighted by Crippen LogP contribution is -2.24. The number of rotatable bonds is 6. The van der Waals surface area contributed by atoms with Gasteiger partial charge in [0.15, 0.2) is 0 Å². The minimum Gasteiger partial charge on any atom is -0.497 e. The van der Waals surface area contributed by atoms with Gasteiger partial charge >= 0.3 is 0 Å². The summed E-state index contributed by atoms with van der Waals surface area (Å²) >= 11 is 3.40. The van der Waals surface area contributed by atoms with Gasteiger partial charge in [0.1, 0.15) is 12.4 Å². The maximum absolute atomic E-state index is 10.4. The highest BCUT2D eigenvalue weighted by Crippen LogP contribution is 2.22. The van der Waals surface area contributed by atoms with Crippen molar-refractivity contribution in [2.45, 2.75) is 6.54 Å². The number of halogens is 1. The molecule has 16 heavy (non-hydrogen) atoms. The molecule has 0 radical (unpaired) electrons. The number of hydrogen-bond donors (Lipinski definition) is 2. The van der Waals surface area contributed by atoms with Gasteiger partial charge in [0, 0.05) is 11.0 Å². The molecule has 0 aliphatic heterocycles. The molecule has 6 heteroatoms. The molecule has 0 bridgehead atoms. The summed E-state index contributed by atoms with van der Waals surface area (Å²) in [6, 6.07) is 5.59. The Morgan fingerprint density at radius 1 is 1.56 bits per heavy atom. The Balaban J connectivity index is 2.49. The minimum absolute atomic E-state index is 0.151. The molecule has 88 valence electrons. The van der Waals surface area contributed by atoms with Gasteiger partial charge in [0.25, 0.3) is 0 Å². The Hall–Kier alpha value is -1.11. The normalized spacial score (nSPS) is 10.1. The van der Waals surface area contributed by atoms with Crippen molar-refractivity contribution in [1.82, 2.24) is 5.48 Å². The standard InChI is InChI=1S/C10H13BrN2O3/c1-15-8-2-3-9(11)7(4-8)5-13-16-6-10(12)14/h2-4,13H,5-6H2,1H3,(H2,12,14). The van der Waals surface area contributed by atoms with Crippen LogP contribution in [0.4, 0.5) is 0 Å². The minimum atomic E-state index is -0.516. The van der Waals surface area contributed by atoms with Crippen LogP contribution in [0, 0.1) is 0 Å². The molecule has 0 fully saturated rings. The van der Waals surface area contributed by atoms with Crippen LogP contribution in [-0.2, 0) is 16.2 Å². The van der Waals surface area contributed by atoms with Crippen LogP contribution >= 0.6 is 15.9 Å². The molecular formula is C10H13BrN2O3. The van der Waals surface area contributed by atoms with E-state index in [9.17, 15) is 4.79 Å². The van der Waals surface area contributed by atoms with Gasteiger partial charge in [-0.25, -0.2) is 0 Å². The summed E-state index contributed by atoms with van der Waals surface area (Å²) in [5.41, 5.74) is 8.51. The molecule has 0 heterocycles. The molecule has 0 spiro atoms. The number of benzene rings is 1. The van der Waals surface area contributed by atoms with E-state index in [1.54, 1.807) is 7.11 Å². The number of hydrogen-bond acceptors (Lipinski definition) is 4. The Kier molecular flexibility index (Phi) is 5.24. The number of carbonyl (C=O) groups excluding carboxylic acids is 1. The largest absolute Gasteiger partial charge is 0.497 e. The Morgan fingerprint density at radius 2 is 2.31 bits per heavy atom. The van der Waals surface area contributed by atoms with Crippen molar-refractivity contribution in [2.24, 2.45) is 5.73 Å². The van der Waals surface area contributed by atoms with Crippen LogP contribution in [0.3, 0.4) is 0 Å². The molecule has 1 aromatic carbocycles. The van der Waals surface area contributed by atoms with Crippen molar-refractivity contribution in [2.75, 3.05) is 13.7 Å². The maximum Gasteiger partial charge on any atom is 0.245 e. The van der Waals surface area contributed by atoms with Gasteiger partial charge in [-0.3, -0.25) is 9.63 Å². The second kappa shape index (κ2) is 6.47. The molecule has 0 aliphatic carbocycles. The van der Waals surface area contributed by atoms with Crippen LogP contribution in [0.15, 0.2) is 22.7 Å². The van der Waals surface area contributed by atoms with Crippen molar-refractivity contribution in [3.05, 3.63) is 28.2 Å². The van der Waals surface area contributed by atoms with Crippen molar-refractivity contribution in [1.29, 1.82) is 0 Å². The number of methoxy groups -OCH3 is 1. The zero-order chi connectivity index (χ0) is 12.0.